The summed E-state index contributed by atoms with van der Waals surface area (Å²) < 4.78 is 0. The van der Waals surface area contributed by atoms with E-state index in [4.69, 9.17) is 23.2 Å². The quantitative estimate of drug-likeness (QED) is 0.861. The summed E-state index contributed by atoms with van der Waals surface area (Å²) in [4.78, 5) is 11.8. The lowest BCUT2D eigenvalue weighted by atomic mass is 10.0. The van der Waals surface area contributed by atoms with Crippen LogP contribution in [-0.4, -0.2) is 5.91 Å². The van der Waals surface area contributed by atoms with Gasteiger partial charge in [-0.25, -0.2) is 0 Å². The molecule has 0 atom stereocenters. The molecule has 1 aliphatic rings. The predicted octanol–water partition coefficient (Wildman–Crippen LogP) is 4.51. The van der Waals surface area contributed by atoms with E-state index < -0.39 is 0 Å². The SMILES string of the molecule is O=C(CC1CCCC1)Nc1ccc(Cl)c(Cl)c1. The van der Waals surface area contributed by atoms with E-state index in [0.29, 0.717) is 28.1 Å². The summed E-state index contributed by atoms with van der Waals surface area (Å²) in [5, 5.41) is 3.82. The number of hydrogen-bond donors (Lipinski definition) is 1. The second-order valence-corrected chi connectivity index (χ2v) is 5.35. The summed E-state index contributed by atoms with van der Waals surface area (Å²) in [6.07, 6.45) is 5.47. The van der Waals surface area contributed by atoms with Crippen molar-refractivity contribution in [3.05, 3.63) is 28.2 Å². The number of hydrogen-bond acceptors (Lipinski definition) is 1. The number of amides is 1. The van der Waals surface area contributed by atoms with Crippen molar-refractivity contribution in [2.24, 2.45) is 5.92 Å². The van der Waals surface area contributed by atoms with Crippen LogP contribution < -0.4 is 5.32 Å². The van der Waals surface area contributed by atoms with Gasteiger partial charge in [-0.2, -0.15) is 0 Å². The van der Waals surface area contributed by atoms with Gasteiger partial charge in [-0.1, -0.05) is 36.0 Å². The number of benzene rings is 1. The Balaban J connectivity index is 1.90. The molecule has 1 N–H and O–H groups in total. The number of carbonyl (C=O) groups excluding carboxylic acids is 1. The number of halogens is 2. The summed E-state index contributed by atoms with van der Waals surface area (Å²) in [7, 11) is 0. The molecular formula is C13H15Cl2NO. The summed E-state index contributed by atoms with van der Waals surface area (Å²) in [5.74, 6) is 0.619. The van der Waals surface area contributed by atoms with E-state index in [0.717, 1.165) is 0 Å². The molecule has 0 bridgehead atoms. The standard InChI is InChI=1S/C13H15Cl2NO/c14-11-6-5-10(8-12(11)15)16-13(17)7-9-3-1-2-4-9/h5-6,8-9H,1-4,7H2,(H,16,17). The maximum Gasteiger partial charge on any atom is 0.224 e. The lowest BCUT2D eigenvalue weighted by Gasteiger charge is -2.10. The van der Waals surface area contributed by atoms with Crippen molar-refractivity contribution in [2.75, 3.05) is 5.32 Å². The number of anilines is 1. The zero-order chi connectivity index (χ0) is 12.3. The minimum absolute atomic E-state index is 0.0651. The van der Waals surface area contributed by atoms with Crippen LogP contribution >= 0.6 is 23.2 Å². The second kappa shape index (κ2) is 5.74. The normalized spacial score (nSPS) is 16.1. The second-order valence-electron chi connectivity index (χ2n) is 4.53. The van der Waals surface area contributed by atoms with Gasteiger partial charge >= 0.3 is 0 Å². The first-order valence-corrected chi connectivity index (χ1v) is 6.65. The Morgan fingerprint density at radius 3 is 2.59 bits per heavy atom. The first-order valence-electron chi connectivity index (χ1n) is 5.90. The molecule has 1 saturated carbocycles. The Bertz CT molecular complexity index is 414. The molecule has 0 unspecified atom stereocenters. The highest BCUT2D eigenvalue weighted by atomic mass is 35.5. The van der Waals surface area contributed by atoms with E-state index >= 15 is 0 Å². The van der Waals surface area contributed by atoms with Crippen LogP contribution in [0.3, 0.4) is 0 Å². The molecule has 0 heterocycles. The maximum absolute atomic E-state index is 11.8. The van der Waals surface area contributed by atoms with Crippen molar-refractivity contribution in [3.63, 3.8) is 0 Å². The summed E-state index contributed by atoms with van der Waals surface area (Å²) in [6, 6.07) is 5.13. The molecule has 1 aromatic rings. The van der Waals surface area contributed by atoms with Crippen LogP contribution in [-0.2, 0) is 4.79 Å². The van der Waals surface area contributed by atoms with Gasteiger partial charge in [-0.15, -0.1) is 0 Å². The highest BCUT2D eigenvalue weighted by Crippen LogP contribution is 2.28. The lowest BCUT2D eigenvalue weighted by molar-refractivity contribution is -0.117. The van der Waals surface area contributed by atoms with E-state index in [9.17, 15) is 4.79 Å². The molecule has 0 radical (unpaired) electrons. The minimum atomic E-state index is 0.0651. The zero-order valence-electron chi connectivity index (χ0n) is 9.51. The van der Waals surface area contributed by atoms with Gasteiger partial charge in [0, 0.05) is 12.1 Å². The van der Waals surface area contributed by atoms with Crippen molar-refractivity contribution in [2.45, 2.75) is 32.1 Å². The number of rotatable bonds is 3. The molecule has 0 aliphatic heterocycles. The van der Waals surface area contributed by atoms with E-state index in [1.807, 2.05) is 0 Å². The van der Waals surface area contributed by atoms with E-state index in [-0.39, 0.29) is 5.91 Å². The fourth-order valence-corrected chi connectivity index (χ4v) is 2.56. The number of nitrogens with one attached hydrogen (secondary N) is 1. The molecule has 17 heavy (non-hydrogen) atoms. The van der Waals surface area contributed by atoms with E-state index in [2.05, 4.69) is 5.32 Å². The fraction of sp³-hybridized carbons (Fsp3) is 0.462. The topological polar surface area (TPSA) is 29.1 Å². The fourth-order valence-electron chi connectivity index (χ4n) is 2.26. The molecule has 2 rings (SSSR count). The van der Waals surface area contributed by atoms with Crippen LogP contribution in [0.4, 0.5) is 5.69 Å². The first-order chi connectivity index (χ1) is 8.15. The van der Waals surface area contributed by atoms with Crippen molar-refractivity contribution in [1.82, 2.24) is 0 Å². The van der Waals surface area contributed by atoms with Crippen LogP contribution in [0.2, 0.25) is 10.0 Å². The Labute approximate surface area is 111 Å². The minimum Gasteiger partial charge on any atom is -0.326 e. The van der Waals surface area contributed by atoms with E-state index in [1.54, 1.807) is 18.2 Å². The van der Waals surface area contributed by atoms with Crippen molar-refractivity contribution < 1.29 is 4.79 Å². The molecule has 0 spiro atoms. The van der Waals surface area contributed by atoms with Crippen molar-refractivity contribution in [1.29, 1.82) is 0 Å². The van der Waals surface area contributed by atoms with Crippen molar-refractivity contribution >= 4 is 34.8 Å². The molecule has 1 aliphatic carbocycles. The molecule has 1 aromatic carbocycles. The molecular weight excluding hydrogens is 257 g/mol. The lowest BCUT2D eigenvalue weighted by Crippen LogP contribution is -2.15. The third-order valence-corrected chi connectivity index (χ3v) is 3.89. The average molecular weight is 272 g/mol. The number of carbonyl (C=O) groups is 1. The smallest absolute Gasteiger partial charge is 0.224 e. The molecule has 4 heteroatoms. The summed E-state index contributed by atoms with van der Waals surface area (Å²) in [6.45, 7) is 0. The molecule has 0 saturated heterocycles. The molecule has 2 nitrogen and oxygen atoms in total. The van der Waals surface area contributed by atoms with Crippen LogP contribution in [0, 0.1) is 5.92 Å². The van der Waals surface area contributed by atoms with Gasteiger partial charge in [0.05, 0.1) is 10.0 Å². The van der Waals surface area contributed by atoms with Gasteiger partial charge in [0.25, 0.3) is 0 Å². The Morgan fingerprint density at radius 2 is 1.94 bits per heavy atom. The van der Waals surface area contributed by atoms with Crippen LogP contribution in [0.1, 0.15) is 32.1 Å². The van der Waals surface area contributed by atoms with Gasteiger partial charge in [0.2, 0.25) is 5.91 Å². The zero-order valence-corrected chi connectivity index (χ0v) is 11.0. The molecule has 1 fully saturated rings. The molecule has 0 aromatic heterocycles. The van der Waals surface area contributed by atoms with Gasteiger partial charge in [0.15, 0.2) is 0 Å². The summed E-state index contributed by atoms with van der Waals surface area (Å²) in [5.41, 5.74) is 0.711. The van der Waals surface area contributed by atoms with Gasteiger partial charge < -0.3 is 5.32 Å². The Morgan fingerprint density at radius 1 is 1.24 bits per heavy atom. The first kappa shape index (κ1) is 12.7. The molecule has 92 valence electrons. The summed E-state index contributed by atoms with van der Waals surface area (Å²) >= 11 is 11.7. The highest BCUT2D eigenvalue weighted by molar-refractivity contribution is 6.42. The van der Waals surface area contributed by atoms with Gasteiger partial charge in [0.1, 0.15) is 0 Å². The van der Waals surface area contributed by atoms with Gasteiger partial charge in [-0.3, -0.25) is 4.79 Å². The Kier molecular flexibility index (Phi) is 4.30. The highest BCUT2D eigenvalue weighted by Gasteiger charge is 2.18. The van der Waals surface area contributed by atoms with Crippen LogP contribution in [0.15, 0.2) is 18.2 Å². The average Bonchev–Trinajstić information content (AvgIpc) is 2.76. The predicted molar refractivity (Wildman–Crippen MR) is 71.7 cm³/mol. The van der Waals surface area contributed by atoms with Crippen molar-refractivity contribution in [3.8, 4) is 0 Å². The van der Waals surface area contributed by atoms with E-state index in [1.165, 1.54) is 25.7 Å². The van der Waals surface area contributed by atoms with Crippen LogP contribution in [0.5, 0.6) is 0 Å². The van der Waals surface area contributed by atoms with Gasteiger partial charge in [-0.05, 0) is 37.0 Å². The monoisotopic (exact) mass is 271 g/mol. The largest absolute Gasteiger partial charge is 0.326 e. The third kappa shape index (κ3) is 3.62. The van der Waals surface area contributed by atoms with Crippen LogP contribution in [0.25, 0.3) is 0 Å². The molecule has 1 amide bonds. The third-order valence-electron chi connectivity index (χ3n) is 3.15. The Hall–Kier alpha value is -0.730. The maximum atomic E-state index is 11.8.